The fourth-order valence-electron chi connectivity index (χ4n) is 1.55. The SMILES string of the molecule is CCN[Si](NC)(NC)C(C)CC. The summed E-state index contributed by atoms with van der Waals surface area (Å²) >= 11 is 0. The topological polar surface area (TPSA) is 36.1 Å². The molecule has 0 bridgehead atoms. The zero-order valence-corrected chi connectivity index (χ0v) is 9.99. The van der Waals surface area contributed by atoms with Crippen LogP contribution in [0.2, 0.25) is 5.54 Å². The van der Waals surface area contributed by atoms with Crippen LogP contribution in [-0.2, 0) is 0 Å². The van der Waals surface area contributed by atoms with Gasteiger partial charge in [0, 0.05) is 0 Å². The summed E-state index contributed by atoms with van der Waals surface area (Å²) in [6, 6.07) is 0. The van der Waals surface area contributed by atoms with Crippen molar-refractivity contribution in [1.29, 1.82) is 0 Å². The van der Waals surface area contributed by atoms with Crippen molar-refractivity contribution in [3.8, 4) is 0 Å². The van der Waals surface area contributed by atoms with Gasteiger partial charge in [-0.1, -0.05) is 27.2 Å². The molecule has 0 fully saturated rings. The predicted octanol–water partition coefficient (Wildman–Crippen LogP) is 0.774. The van der Waals surface area contributed by atoms with Crippen LogP contribution < -0.4 is 14.9 Å². The van der Waals surface area contributed by atoms with Crippen LogP contribution in [0.1, 0.15) is 27.2 Å². The van der Waals surface area contributed by atoms with E-state index in [0.717, 1.165) is 6.54 Å². The predicted molar refractivity (Wildman–Crippen MR) is 57.3 cm³/mol. The summed E-state index contributed by atoms with van der Waals surface area (Å²) < 4.78 is 0. The Morgan fingerprint density at radius 3 is 1.92 bits per heavy atom. The number of nitrogens with one attached hydrogen (secondary N) is 3. The normalized spacial score (nSPS) is 14.8. The molecule has 0 amide bonds. The number of hydrogen-bond acceptors (Lipinski definition) is 3. The van der Waals surface area contributed by atoms with E-state index in [0.29, 0.717) is 5.54 Å². The zero-order valence-electron chi connectivity index (χ0n) is 8.99. The molecule has 0 radical (unpaired) electrons. The third-order valence-electron chi connectivity index (χ3n) is 2.60. The summed E-state index contributed by atoms with van der Waals surface area (Å²) in [5, 5.41) is 0. The molecule has 3 nitrogen and oxygen atoms in total. The average Bonchev–Trinajstić information content (AvgIpc) is 2.13. The molecule has 1 atom stereocenters. The van der Waals surface area contributed by atoms with Crippen molar-refractivity contribution in [1.82, 2.24) is 14.9 Å². The highest BCUT2D eigenvalue weighted by atomic mass is 28.4. The first-order valence-corrected chi connectivity index (χ1v) is 6.87. The first kappa shape index (κ1) is 12.1. The third-order valence-corrected chi connectivity index (χ3v) is 6.97. The Morgan fingerprint density at radius 1 is 1.17 bits per heavy atom. The summed E-state index contributed by atoms with van der Waals surface area (Å²) in [5.41, 5.74) is 0.701. The van der Waals surface area contributed by atoms with E-state index in [2.05, 4.69) is 35.7 Å². The van der Waals surface area contributed by atoms with Gasteiger partial charge in [-0.25, -0.2) is 0 Å². The van der Waals surface area contributed by atoms with Gasteiger partial charge >= 0.3 is 0 Å². The largest absolute Gasteiger partial charge is 0.316 e. The zero-order chi connectivity index (χ0) is 9.61. The lowest BCUT2D eigenvalue weighted by Gasteiger charge is -2.35. The van der Waals surface area contributed by atoms with Crippen LogP contribution in [0.3, 0.4) is 0 Å². The molecule has 0 aliphatic carbocycles. The molecule has 0 aromatic heterocycles. The standard InChI is InChI=1S/C8H23N3Si/c1-6-8(3)12(9-4,10-5)11-7-2/h8-11H,6-7H2,1-5H3. The molecule has 0 spiro atoms. The molecule has 0 saturated carbocycles. The molecule has 0 aliphatic rings. The number of rotatable bonds is 6. The second-order valence-electron chi connectivity index (χ2n) is 3.15. The van der Waals surface area contributed by atoms with Crippen molar-refractivity contribution < 1.29 is 0 Å². The van der Waals surface area contributed by atoms with E-state index in [-0.39, 0.29) is 0 Å². The van der Waals surface area contributed by atoms with Gasteiger partial charge in [-0.05, 0) is 26.2 Å². The van der Waals surface area contributed by atoms with Gasteiger partial charge in [-0.15, -0.1) is 0 Å². The van der Waals surface area contributed by atoms with E-state index in [1.807, 2.05) is 14.1 Å². The van der Waals surface area contributed by atoms with E-state index in [1.54, 1.807) is 0 Å². The van der Waals surface area contributed by atoms with Crippen molar-refractivity contribution >= 4 is 8.56 Å². The molecule has 3 N–H and O–H groups in total. The minimum atomic E-state index is -1.60. The molecule has 0 aromatic rings. The highest BCUT2D eigenvalue weighted by Gasteiger charge is 2.35. The molecule has 4 heteroatoms. The highest BCUT2D eigenvalue weighted by molar-refractivity contribution is 6.73. The van der Waals surface area contributed by atoms with Gasteiger partial charge in [0.2, 0.25) is 0 Å². The highest BCUT2D eigenvalue weighted by Crippen LogP contribution is 2.16. The second-order valence-corrected chi connectivity index (χ2v) is 7.10. The summed E-state index contributed by atoms with van der Waals surface area (Å²) in [7, 11) is 2.48. The molecule has 12 heavy (non-hydrogen) atoms. The molecule has 0 aliphatic heterocycles. The Hall–Kier alpha value is 0.0969. The van der Waals surface area contributed by atoms with Crippen LogP contribution in [0.5, 0.6) is 0 Å². The summed E-state index contributed by atoms with van der Waals surface area (Å²) in [5.74, 6) is 0. The van der Waals surface area contributed by atoms with E-state index >= 15 is 0 Å². The molecular formula is C8H23N3Si. The quantitative estimate of drug-likeness (QED) is 0.540. The fraction of sp³-hybridized carbons (Fsp3) is 1.00. The van der Waals surface area contributed by atoms with Gasteiger partial charge in [0.1, 0.15) is 0 Å². The fourth-order valence-corrected chi connectivity index (χ4v) is 4.66. The smallest absolute Gasteiger partial charge is 0.283 e. The van der Waals surface area contributed by atoms with E-state index in [1.165, 1.54) is 6.42 Å². The monoisotopic (exact) mass is 189 g/mol. The van der Waals surface area contributed by atoms with Crippen molar-refractivity contribution in [2.75, 3.05) is 20.6 Å². The van der Waals surface area contributed by atoms with E-state index in [9.17, 15) is 0 Å². The van der Waals surface area contributed by atoms with Gasteiger partial charge in [-0.2, -0.15) is 0 Å². The van der Waals surface area contributed by atoms with Crippen LogP contribution in [0, 0.1) is 0 Å². The van der Waals surface area contributed by atoms with Gasteiger partial charge in [-0.3, -0.25) is 0 Å². The maximum atomic E-state index is 3.56. The molecule has 0 saturated heterocycles. The first-order chi connectivity index (χ1) is 5.66. The molecular weight excluding hydrogens is 166 g/mol. The van der Waals surface area contributed by atoms with Crippen molar-refractivity contribution in [2.24, 2.45) is 0 Å². The summed E-state index contributed by atoms with van der Waals surface area (Å²) in [4.78, 5) is 10.4. The summed E-state index contributed by atoms with van der Waals surface area (Å²) in [6.07, 6.45) is 1.21. The van der Waals surface area contributed by atoms with Crippen LogP contribution in [0.15, 0.2) is 0 Å². The Bertz CT molecular complexity index is 115. The van der Waals surface area contributed by atoms with Crippen LogP contribution in [0.4, 0.5) is 0 Å². The molecule has 0 aromatic carbocycles. The molecule has 74 valence electrons. The van der Waals surface area contributed by atoms with Crippen LogP contribution in [0.25, 0.3) is 0 Å². The lowest BCUT2D eigenvalue weighted by atomic mass is 10.4. The lowest BCUT2D eigenvalue weighted by molar-refractivity contribution is 0.719. The van der Waals surface area contributed by atoms with E-state index in [4.69, 9.17) is 0 Å². The average molecular weight is 189 g/mol. The second kappa shape index (κ2) is 5.69. The van der Waals surface area contributed by atoms with Gasteiger partial charge < -0.3 is 14.9 Å². The molecule has 1 unspecified atom stereocenters. The molecule has 0 heterocycles. The van der Waals surface area contributed by atoms with Gasteiger partial charge in [0.15, 0.2) is 0 Å². The van der Waals surface area contributed by atoms with Gasteiger partial charge in [0.05, 0.1) is 0 Å². The maximum Gasteiger partial charge on any atom is 0.283 e. The van der Waals surface area contributed by atoms with Crippen molar-refractivity contribution in [3.05, 3.63) is 0 Å². The maximum absolute atomic E-state index is 3.56. The Labute approximate surface area is 77.6 Å². The van der Waals surface area contributed by atoms with Crippen LogP contribution in [-0.4, -0.2) is 29.2 Å². The Morgan fingerprint density at radius 2 is 1.67 bits per heavy atom. The minimum absolute atomic E-state index is 0.701. The van der Waals surface area contributed by atoms with E-state index < -0.39 is 8.56 Å². The molecule has 0 rings (SSSR count). The first-order valence-electron chi connectivity index (χ1n) is 4.79. The number of hydrogen-bond donors (Lipinski definition) is 3. The minimum Gasteiger partial charge on any atom is -0.316 e. The summed E-state index contributed by atoms with van der Waals surface area (Å²) in [6.45, 7) is 7.71. The van der Waals surface area contributed by atoms with Crippen molar-refractivity contribution in [3.63, 3.8) is 0 Å². The van der Waals surface area contributed by atoms with Crippen molar-refractivity contribution in [2.45, 2.75) is 32.7 Å². The van der Waals surface area contributed by atoms with Gasteiger partial charge in [0.25, 0.3) is 8.56 Å². The van der Waals surface area contributed by atoms with Crippen LogP contribution >= 0.6 is 0 Å². The lowest BCUT2D eigenvalue weighted by Crippen LogP contribution is -2.72. The Balaban J connectivity index is 4.33. The Kier molecular flexibility index (Phi) is 5.74. The third kappa shape index (κ3) is 2.55.